The molecule has 154 valence electrons. The lowest BCUT2D eigenvalue weighted by molar-refractivity contribution is 0.310. The summed E-state index contributed by atoms with van der Waals surface area (Å²) < 4.78 is 14.0. The molecular weight excluding hydrogens is 403 g/mol. The summed E-state index contributed by atoms with van der Waals surface area (Å²) in [5.74, 6) is 0.269. The summed E-state index contributed by atoms with van der Waals surface area (Å²) in [5, 5.41) is 12.3. The van der Waals surface area contributed by atoms with Gasteiger partial charge in [-0.15, -0.1) is 0 Å². The SMILES string of the molecule is C1CCC1.CNNc1nc(NCCO)nc(SC(C)c2ccc(Cl)cc2F)n1. The monoisotopic (exact) mass is 428 g/mol. The highest BCUT2D eigenvalue weighted by molar-refractivity contribution is 7.99. The van der Waals surface area contributed by atoms with Gasteiger partial charge in [-0.3, -0.25) is 5.43 Å². The van der Waals surface area contributed by atoms with E-state index in [1.807, 2.05) is 6.92 Å². The van der Waals surface area contributed by atoms with Gasteiger partial charge in [-0.25, -0.2) is 9.82 Å². The van der Waals surface area contributed by atoms with E-state index in [0.29, 0.717) is 34.2 Å². The normalized spacial score (nSPS) is 13.8. The van der Waals surface area contributed by atoms with Gasteiger partial charge in [0.2, 0.25) is 11.9 Å². The van der Waals surface area contributed by atoms with Crippen LogP contribution in [0.5, 0.6) is 0 Å². The summed E-state index contributed by atoms with van der Waals surface area (Å²) in [6.45, 7) is 2.12. The summed E-state index contributed by atoms with van der Waals surface area (Å²) in [4.78, 5) is 12.7. The second kappa shape index (κ2) is 12.0. The van der Waals surface area contributed by atoms with Crippen LogP contribution in [0.15, 0.2) is 23.4 Å². The number of aromatic nitrogens is 3. The summed E-state index contributed by atoms with van der Waals surface area (Å²) >= 11 is 7.07. The van der Waals surface area contributed by atoms with Crippen LogP contribution in [-0.2, 0) is 0 Å². The number of aliphatic hydroxyl groups is 1. The van der Waals surface area contributed by atoms with Crippen LogP contribution in [0.25, 0.3) is 0 Å². The number of thioether (sulfide) groups is 1. The lowest BCUT2D eigenvalue weighted by Crippen LogP contribution is -2.19. The van der Waals surface area contributed by atoms with Gasteiger partial charge in [0.1, 0.15) is 5.82 Å². The Balaban J connectivity index is 0.000000620. The van der Waals surface area contributed by atoms with Crippen molar-refractivity contribution in [3.63, 3.8) is 0 Å². The van der Waals surface area contributed by atoms with Crippen LogP contribution in [-0.4, -0.2) is 40.3 Å². The molecule has 0 aliphatic heterocycles. The Labute approximate surface area is 173 Å². The molecule has 1 heterocycles. The lowest BCUT2D eigenvalue weighted by Gasteiger charge is -2.13. The van der Waals surface area contributed by atoms with Crippen LogP contribution in [0.2, 0.25) is 5.02 Å². The number of nitrogens with zero attached hydrogens (tertiary/aromatic N) is 3. The molecule has 0 bridgehead atoms. The van der Waals surface area contributed by atoms with E-state index < -0.39 is 0 Å². The van der Waals surface area contributed by atoms with Crippen LogP contribution >= 0.6 is 23.4 Å². The number of aliphatic hydroxyl groups excluding tert-OH is 1. The van der Waals surface area contributed by atoms with E-state index in [4.69, 9.17) is 16.7 Å². The van der Waals surface area contributed by atoms with Crippen LogP contribution in [0, 0.1) is 5.82 Å². The van der Waals surface area contributed by atoms with Gasteiger partial charge in [0.25, 0.3) is 0 Å². The quantitative estimate of drug-likeness (QED) is 0.370. The minimum Gasteiger partial charge on any atom is -0.395 e. The van der Waals surface area contributed by atoms with Crippen molar-refractivity contribution in [3.8, 4) is 0 Å². The van der Waals surface area contributed by atoms with Gasteiger partial charge < -0.3 is 10.4 Å². The first kappa shape index (κ1) is 22.6. The van der Waals surface area contributed by atoms with Crippen molar-refractivity contribution in [3.05, 3.63) is 34.6 Å². The topological polar surface area (TPSA) is 95.0 Å². The molecule has 7 nitrogen and oxygen atoms in total. The highest BCUT2D eigenvalue weighted by atomic mass is 35.5. The third kappa shape index (κ3) is 7.38. The molecule has 1 atom stereocenters. The fourth-order valence-electron chi connectivity index (χ4n) is 2.13. The molecule has 1 aromatic heterocycles. The van der Waals surface area contributed by atoms with Crippen molar-refractivity contribution in [1.29, 1.82) is 0 Å². The van der Waals surface area contributed by atoms with Crippen LogP contribution in [0.4, 0.5) is 16.3 Å². The Bertz CT molecular complexity index is 746. The fourth-order valence-corrected chi connectivity index (χ4v) is 3.20. The molecule has 1 fully saturated rings. The van der Waals surface area contributed by atoms with E-state index >= 15 is 0 Å². The minimum atomic E-state index is -0.372. The van der Waals surface area contributed by atoms with Crippen LogP contribution in [0.3, 0.4) is 0 Å². The van der Waals surface area contributed by atoms with Gasteiger partial charge in [0.15, 0.2) is 5.16 Å². The first-order valence-corrected chi connectivity index (χ1v) is 10.4. The van der Waals surface area contributed by atoms with E-state index in [-0.39, 0.29) is 17.7 Å². The highest BCUT2D eigenvalue weighted by Gasteiger charge is 2.16. The average Bonchev–Trinajstić information content (AvgIpc) is 2.58. The van der Waals surface area contributed by atoms with Crippen molar-refractivity contribution in [2.75, 3.05) is 30.9 Å². The summed E-state index contributed by atoms with van der Waals surface area (Å²) in [7, 11) is 1.68. The highest BCUT2D eigenvalue weighted by Crippen LogP contribution is 2.35. The molecule has 1 saturated carbocycles. The van der Waals surface area contributed by atoms with E-state index in [1.165, 1.54) is 43.5 Å². The zero-order valence-electron chi connectivity index (χ0n) is 16.0. The van der Waals surface area contributed by atoms with Crippen molar-refractivity contribution in [1.82, 2.24) is 20.4 Å². The van der Waals surface area contributed by atoms with Gasteiger partial charge in [-0.05, 0) is 19.1 Å². The zero-order valence-corrected chi connectivity index (χ0v) is 17.6. The summed E-state index contributed by atoms with van der Waals surface area (Å²) in [5.41, 5.74) is 6.02. The molecule has 1 aliphatic rings. The van der Waals surface area contributed by atoms with Gasteiger partial charge in [-0.2, -0.15) is 15.0 Å². The molecule has 1 aliphatic carbocycles. The molecule has 2 aromatic rings. The third-order valence-electron chi connectivity index (χ3n) is 3.93. The zero-order chi connectivity index (χ0) is 20.4. The second-order valence-corrected chi connectivity index (χ2v) is 7.88. The first-order valence-electron chi connectivity index (χ1n) is 9.18. The Hall–Kier alpha value is -1.68. The Morgan fingerprint density at radius 1 is 1.18 bits per heavy atom. The standard InChI is InChI=1S/C14H18ClFN6OS.C4H8/c1-8(10-4-3-9(15)7-11(10)16)24-14-20-12(18-5-6-23)19-13(21-14)22-17-2;1-2-4-3-1/h3-4,7-8,17,23H,5-6H2,1-2H3,(H2,18,19,20,21,22);1-4H2. The molecule has 0 radical (unpaired) electrons. The largest absolute Gasteiger partial charge is 0.395 e. The Morgan fingerprint density at radius 3 is 2.43 bits per heavy atom. The Morgan fingerprint density at radius 2 is 1.86 bits per heavy atom. The summed E-state index contributed by atoms with van der Waals surface area (Å²) in [6.07, 6.45) is 6.00. The van der Waals surface area contributed by atoms with Gasteiger partial charge in [-0.1, -0.05) is 55.1 Å². The maximum atomic E-state index is 14.0. The van der Waals surface area contributed by atoms with Crippen molar-refractivity contribution in [2.45, 2.75) is 43.0 Å². The number of hydrazine groups is 1. The number of halogens is 2. The number of rotatable bonds is 8. The van der Waals surface area contributed by atoms with E-state index in [9.17, 15) is 4.39 Å². The summed E-state index contributed by atoms with van der Waals surface area (Å²) in [6, 6.07) is 4.57. The maximum Gasteiger partial charge on any atom is 0.243 e. The van der Waals surface area contributed by atoms with Crippen molar-refractivity contribution in [2.24, 2.45) is 0 Å². The Kier molecular flexibility index (Phi) is 9.69. The van der Waals surface area contributed by atoms with Crippen molar-refractivity contribution >= 4 is 35.3 Å². The molecule has 10 heteroatoms. The molecule has 0 amide bonds. The predicted octanol–water partition coefficient (Wildman–Crippen LogP) is 4.03. The number of hydrogen-bond donors (Lipinski definition) is 4. The molecular formula is C18H26ClFN6OS. The minimum absolute atomic E-state index is 0.0463. The fraction of sp³-hybridized carbons (Fsp3) is 0.500. The smallest absolute Gasteiger partial charge is 0.243 e. The van der Waals surface area contributed by atoms with Gasteiger partial charge in [0.05, 0.1) is 6.61 Å². The predicted molar refractivity (Wildman–Crippen MR) is 112 cm³/mol. The third-order valence-corrected chi connectivity index (χ3v) is 5.17. The van der Waals surface area contributed by atoms with Gasteiger partial charge >= 0.3 is 0 Å². The molecule has 0 saturated heterocycles. The van der Waals surface area contributed by atoms with E-state index in [0.717, 1.165) is 0 Å². The number of nitrogens with one attached hydrogen (secondary N) is 3. The first-order chi connectivity index (χ1) is 13.5. The molecule has 3 rings (SSSR count). The second-order valence-electron chi connectivity index (χ2n) is 6.13. The van der Waals surface area contributed by atoms with Crippen molar-refractivity contribution < 1.29 is 9.50 Å². The number of benzene rings is 1. The maximum absolute atomic E-state index is 14.0. The molecule has 1 unspecified atom stereocenters. The molecule has 1 aromatic carbocycles. The lowest BCUT2D eigenvalue weighted by atomic mass is 10.0. The molecule has 0 spiro atoms. The van der Waals surface area contributed by atoms with Crippen LogP contribution in [0.1, 0.15) is 43.4 Å². The molecule has 28 heavy (non-hydrogen) atoms. The number of anilines is 2. The van der Waals surface area contributed by atoms with Gasteiger partial charge in [0, 0.05) is 29.4 Å². The van der Waals surface area contributed by atoms with E-state index in [1.54, 1.807) is 19.2 Å². The van der Waals surface area contributed by atoms with Crippen LogP contribution < -0.4 is 16.2 Å². The number of hydrogen-bond acceptors (Lipinski definition) is 8. The molecule has 4 N–H and O–H groups in total. The van der Waals surface area contributed by atoms with E-state index in [2.05, 4.69) is 31.1 Å². The average molecular weight is 429 g/mol.